The monoisotopic (exact) mass is 201 g/mol. The van der Waals surface area contributed by atoms with Crippen LogP contribution < -0.4 is 0 Å². The van der Waals surface area contributed by atoms with E-state index in [2.05, 4.69) is 0 Å². The molecular formula is C10H19NO3. The molecule has 14 heavy (non-hydrogen) atoms. The lowest BCUT2D eigenvalue weighted by Crippen LogP contribution is -2.49. The highest BCUT2D eigenvalue weighted by Crippen LogP contribution is 2.14. The van der Waals surface area contributed by atoms with Gasteiger partial charge in [-0.1, -0.05) is 0 Å². The van der Waals surface area contributed by atoms with Gasteiger partial charge in [-0.05, 0) is 27.2 Å². The summed E-state index contributed by atoms with van der Waals surface area (Å²) in [6.45, 7) is 6.91. The number of rotatable bonds is 1. The Hall–Kier alpha value is -0.610. The lowest BCUT2D eigenvalue weighted by atomic mass is 10.1. The standard InChI is InChI=1S/C10H19NO3/c1-8-7-14-6-4-5-11(8)9(12)10(2,3)13/h8,13H,4-7H2,1-3H3. The average molecular weight is 201 g/mol. The third kappa shape index (κ3) is 2.69. The van der Waals surface area contributed by atoms with Crippen molar-refractivity contribution >= 4 is 5.91 Å². The van der Waals surface area contributed by atoms with Gasteiger partial charge in [0.1, 0.15) is 5.60 Å². The van der Waals surface area contributed by atoms with Gasteiger partial charge in [0.05, 0.1) is 12.6 Å². The summed E-state index contributed by atoms with van der Waals surface area (Å²) in [5.74, 6) is -0.212. The molecule has 0 aromatic rings. The highest BCUT2D eigenvalue weighted by Gasteiger charge is 2.32. The second-order valence-electron chi connectivity index (χ2n) is 4.34. The van der Waals surface area contributed by atoms with E-state index in [4.69, 9.17) is 4.74 Å². The molecule has 82 valence electrons. The summed E-state index contributed by atoms with van der Waals surface area (Å²) in [6, 6.07) is 0.0522. The largest absolute Gasteiger partial charge is 0.381 e. The Kier molecular flexibility index (Phi) is 3.50. The molecule has 4 nitrogen and oxygen atoms in total. The Bertz CT molecular complexity index is 210. The Balaban J connectivity index is 2.69. The molecule has 1 aliphatic heterocycles. The third-order valence-corrected chi connectivity index (χ3v) is 2.36. The van der Waals surface area contributed by atoms with Crippen LogP contribution in [0.4, 0.5) is 0 Å². The second kappa shape index (κ2) is 4.28. The van der Waals surface area contributed by atoms with E-state index in [0.29, 0.717) is 19.8 Å². The molecule has 1 fully saturated rings. The van der Waals surface area contributed by atoms with Crippen LogP contribution in [0.15, 0.2) is 0 Å². The van der Waals surface area contributed by atoms with Gasteiger partial charge in [-0.3, -0.25) is 4.79 Å². The molecule has 1 rings (SSSR count). The Morgan fingerprint density at radius 3 is 2.79 bits per heavy atom. The van der Waals surface area contributed by atoms with Crippen molar-refractivity contribution in [1.82, 2.24) is 4.90 Å². The molecule has 1 aliphatic rings. The minimum Gasteiger partial charge on any atom is -0.381 e. The molecule has 0 aliphatic carbocycles. The zero-order valence-electron chi connectivity index (χ0n) is 9.12. The average Bonchev–Trinajstić information content (AvgIpc) is 2.27. The molecular weight excluding hydrogens is 182 g/mol. The smallest absolute Gasteiger partial charge is 0.254 e. The van der Waals surface area contributed by atoms with E-state index in [1.807, 2.05) is 6.92 Å². The van der Waals surface area contributed by atoms with Crippen LogP contribution in [0.3, 0.4) is 0 Å². The number of nitrogens with zero attached hydrogens (tertiary/aromatic N) is 1. The van der Waals surface area contributed by atoms with E-state index in [9.17, 15) is 9.90 Å². The van der Waals surface area contributed by atoms with E-state index >= 15 is 0 Å². The molecule has 4 heteroatoms. The van der Waals surface area contributed by atoms with Crippen LogP contribution in [0, 0.1) is 0 Å². The number of carbonyl (C=O) groups is 1. The molecule has 1 heterocycles. The predicted molar refractivity (Wildman–Crippen MR) is 52.9 cm³/mol. The summed E-state index contributed by atoms with van der Waals surface area (Å²) in [6.07, 6.45) is 0.839. The molecule has 0 spiro atoms. The first kappa shape index (κ1) is 11.5. The highest BCUT2D eigenvalue weighted by molar-refractivity contribution is 5.84. The molecule has 0 bridgehead atoms. The zero-order valence-corrected chi connectivity index (χ0v) is 9.12. The van der Waals surface area contributed by atoms with Crippen molar-refractivity contribution in [3.63, 3.8) is 0 Å². The van der Waals surface area contributed by atoms with Crippen LogP contribution in [0.25, 0.3) is 0 Å². The number of hydrogen-bond donors (Lipinski definition) is 1. The van der Waals surface area contributed by atoms with Gasteiger partial charge in [0.25, 0.3) is 5.91 Å². The minimum absolute atomic E-state index is 0.0522. The van der Waals surface area contributed by atoms with Crippen molar-refractivity contribution in [2.75, 3.05) is 19.8 Å². The summed E-state index contributed by atoms with van der Waals surface area (Å²) in [5.41, 5.74) is -1.28. The van der Waals surface area contributed by atoms with Crippen molar-refractivity contribution in [1.29, 1.82) is 0 Å². The van der Waals surface area contributed by atoms with Gasteiger partial charge < -0.3 is 14.7 Å². The number of amides is 1. The molecule has 1 amide bonds. The lowest BCUT2D eigenvalue weighted by molar-refractivity contribution is -0.150. The number of carbonyl (C=O) groups excluding carboxylic acids is 1. The molecule has 1 saturated heterocycles. The highest BCUT2D eigenvalue weighted by atomic mass is 16.5. The second-order valence-corrected chi connectivity index (χ2v) is 4.34. The van der Waals surface area contributed by atoms with Gasteiger partial charge in [-0.15, -0.1) is 0 Å². The van der Waals surface area contributed by atoms with Crippen molar-refractivity contribution in [2.24, 2.45) is 0 Å². The van der Waals surface area contributed by atoms with Crippen molar-refractivity contribution in [3.8, 4) is 0 Å². The van der Waals surface area contributed by atoms with E-state index in [1.165, 1.54) is 13.8 Å². The zero-order chi connectivity index (χ0) is 10.8. The van der Waals surface area contributed by atoms with Crippen molar-refractivity contribution in [3.05, 3.63) is 0 Å². The molecule has 0 aromatic carbocycles. The fourth-order valence-electron chi connectivity index (χ4n) is 1.55. The first-order chi connectivity index (χ1) is 6.43. The van der Waals surface area contributed by atoms with Gasteiger partial charge in [0.2, 0.25) is 0 Å². The van der Waals surface area contributed by atoms with E-state index in [1.54, 1.807) is 4.90 Å². The normalized spacial score (nSPS) is 24.6. The van der Waals surface area contributed by atoms with Gasteiger partial charge in [-0.25, -0.2) is 0 Å². The number of hydrogen-bond acceptors (Lipinski definition) is 3. The van der Waals surface area contributed by atoms with Crippen LogP contribution in [-0.2, 0) is 9.53 Å². The summed E-state index contributed by atoms with van der Waals surface area (Å²) < 4.78 is 5.32. The molecule has 0 saturated carbocycles. The van der Waals surface area contributed by atoms with Gasteiger partial charge >= 0.3 is 0 Å². The van der Waals surface area contributed by atoms with E-state index < -0.39 is 5.60 Å². The summed E-state index contributed by atoms with van der Waals surface area (Å²) >= 11 is 0. The summed E-state index contributed by atoms with van der Waals surface area (Å²) in [7, 11) is 0. The first-order valence-electron chi connectivity index (χ1n) is 5.04. The van der Waals surface area contributed by atoms with Crippen LogP contribution in [0.5, 0.6) is 0 Å². The molecule has 1 unspecified atom stereocenters. The van der Waals surface area contributed by atoms with Crippen molar-refractivity contribution in [2.45, 2.75) is 38.8 Å². The summed E-state index contributed by atoms with van der Waals surface area (Å²) in [4.78, 5) is 13.5. The third-order valence-electron chi connectivity index (χ3n) is 2.36. The van der Waals surface area contributed by atoms with E-state index in [0.717, 1.165) is 6.42 Å². The van der Waals surface area contributed by atoms with Crippen LogP contribution in [0.2, 0.25) is 0 Å². The summed E-state index contributed by atoms with van der Waals surface area (Å²) in [5, 5.41) is 9.62. The van der Waals surface area contributed by atoms with Crippen LogP contribution in [0.1, 0.15) is 27.2 Å². The Morgan fingerprint density at radius 2 is 2.21 bits per heavy atom. The minimum atomic E-state index is -1.28. The molecule has 1 N–H and O–H groups in total. The Morgan fingerprint density at radius 1 is 1.57 bits per heavy atom. The maximum absolute atomic E-state index is 11.8. The fraction of sp³-hybridized carbons (Fsp3) is 0.900. The predicted octanol–water partition coefficient (Wildman–Crippen LogP) is 0.395. The number of aliphatic hydroxyl groups is 1. The molecule has 0 aromatic heterocycles. The fourth-order valence-corrected chi connectivity index (χ4v) is 1.55. The molecule has 0 radical (unpaired) electrons. The van der Waals surface area contributed by atoms with Gasteiger partial charge in [0.15, 0.2) is 0 Å². The quantitative estimate of drug-likeness (QED) is 0.668. The topological polar surface area (TPSA) is 49.8 Å². The maximum atomic E-state index is 11.8. The lowest BCUT2D eigenvalue weighted by Gasteiger charge is -2.31. The first-order valence-corrected chi connectivity index (χ1v) is 5.04. The van der Waals surface area contributed by atoms with Crippen LogP contribution in [-0.4, -0.2) is 47.3 Å². The van der Waals surface area contributed by atoms with Crippen LogP contribution >= 0.6 is 0 Å². The Labute approximate surface area is 84.8 Å². The number of ether oxygens (including phenoxy) is 1. The maximum Gasteiger partial charge on any atom is 0.254 e. The van der Waals surface area contributed by atoms with Gasteiger partial charge in [0, 0.05) is 13.2 Å². The van der Waals surface area contributed by atoms with Crippen molar-refractivity contribution < 1.29 is 14.6 Å². The van der Waals surface area contributed by atoms with Gasteiger partial charge in [-0.2, -0.15) is 0 Å². The SMILES string of the molecule is CC1COCCCN1C(=O)C(C)(C)O. The van der Waals surface area contributed by atoms with E-state index in [-0.39, 0.29) is 11.9 Å². The molecule has 1 atom stereocenters.